The lowest BCUT2D eigenvalue weighted by atomic mass is 10.3. The number of sulfonamides is 1. The van der Waals surface area contributed by atoms with E-state index in [1.807, 2.05) is 7.05 Å². The van der Waals surface area contributed by atoms with E-state index in [4.69, 9.17) is 16.3 Å². The fourth-order valence-corrected chi connectivity index (χ4v) is 4.35. The van der Waals surface area contributed by atoms with Crippen LogP contribution in [0.4, 0.5) is 14.5 Å². The topological polar surface area (TPSA) is 58.6 Å². The Balaban J connectivity index is 1.85. The molecule has 1 aliphatic heterocycles. The molecule has 0 aliphatic carbocycles. The molecule has 1 N–H and O–H groups in total. The van der Waals surface area contributed by atoms with E-state index in [0.717, 1.165) is 25.6 Å². The molecule has 0 spiro atoms. The monoisotopic (exact) mass is 480 g/mol. The molecule has 1 fully saturated rings. The van der Waals surface area contributed by atoms with Crippen LogP contribution in [0.5, 0.6) is 5.75 Å². The minimum Gasteiger partial charge on any atom is -0.487 e. The molecular weight excluding hydrogens is 466 g/mol. The van der Waals surface area contributed by atoms with Gasteiger partial charge in [-0.2, -0.15) is 0 Å². The van der Waals surface area contributed by atoms with Gasteiger partial charge in [0.25, 0.3) is 10.0 Å². The fourth-order valence-electron chi connectivity index (χ4n) is 2.75. The van der Waals surface area contributed by atoms with Crippen LogP contribution in [0.1, 0.15) is 6.42 Å². The molecule has 146 valence electrons. The van der Waals surface area contributed by atoms with Crippen LogP contribution >= 0.6 is 27.5 Å². The van der Waals surface area contributed by atoms with Crippen molar-refractivity contribution in [3.63, 3.8) is 0 Å². The van der Waals surface area contributed by atoms with Gasteiger partial charge in [0, 0.05) is 19.2 Å². The van der Waals surface area contributed by atoms with Crippen molar-refractivity contribution < 1.29 is 21.9 Å². The zero-order valence-corrected chi connectivity index (χ0v) is 17.3. The number of nitrogens with zero attached hydrogens (tertiary/aromatic N) is 1. The molecule has 27 heavy (non-hydrogen) atoms. The van der Waals surface area contributed by atoms with Gasteiger partial charge in [-0.05, 0) is 53.7 Å². The van der Waals surface area contributed by atoms with Gasteiger partial charge >= 0.3 is 0 Å². The second-order valence-electron chi connectivity index (χ2n) is 6.24. The summed E-state index contributed by atoms with van der Waals surface area (Å²) in [5.41, 5.74) is 0.128. The van der Waals surface area contributed by atoms with Crippen LogP contribution in [-0.4, -0.2) is 39.6 Å². The van der Waals surface area contributed by atoms with Gasteiger partial charge in [0.05, 0.1) is 15.2 Å². The first-order valence-corrected chi connectivity index (χ1v) is 10.6. The number of ether oxygens (including phenoxy) is 1. The second kappa shape index (κ2) is 7.90. The van der Waals surface area contributed by atoms with Crippen molar-refractivity contribution in [3.8, 4) is 5.75 Å². The molecule has 1 saturated heterocycles. The smallest absolute Gasteiger partial charge is 0.264 e. The first-order chi connectivity index (χ1) is 12.7. The number of rotatable bonds is 5. The molecule has 0 saturated carbocycles. The number of benzene rings is 2. The third-order valence-corrected chi connectivity index (χ3v) is 6.41. The van der Waals surface area contributed by atoms with Crippen LogP contribution in [0.3, 0.4) is 0 Å². The number of halogens is 4. The molecule has 0 aromatic heterocycles. The summed E-state index contributed by atoms with van der Waals surface area (Å²) in [7, 11) is -2.37. The maximum absolute atomic E-state index is 14.0. The fraction of sp³-hybridized carbons (Fsp3) is 0.294. The normalized spacial score (nSPS) is 17.9. The Morgan fingerprint density at radius 3 is 2.67 bits per heavy atom. The summed E-state index contributed by atoms with van der Waals surface area (Å²) in [6, 6.07) is 5.69. The van der Waals surface area contributed by atoms with Crippen LogP contribution in [0, 0.1) is 11.6 Å². The van der Waals surface area contributed by atoms with Crippen LogP contribution in [0.25, 0.3) is 0 Å². The summed E-state index contributed by atoms with van der Waals surface area (Å²) < 4.78 is 60.5. The van der Waals surface area contributed by atoms with Gasteiger partial charge in [-0.15, -0.1) is 0 Å². The standard InChI is InChI=1S/C17H16BrClF2N2O3S/c1-23-5-4-11(9-23)26-16-6-10(2-3-13(16)19)22-27(24,25)17-8-14(20)12(18)7-15(17)21/h2-3,6-8,11,22H,4-5,9H2,1H3. The van der Waals surface area contributed by atoms with Crippen molar-refractivity contribution in [2.24, 2.45) is 0 Å². The highest BCUT2D eigenvalue weighted by molar-refractivity contribution is 9.10. The van der Waals surface area contributed by atoms with E-state index in [2.05, 4.69) is 25.6 Å². The van der Waals surface area contributed by atoms with Crippen molar-refractivity contribution in [2.75, 3.05) is 24.9 Å². The Morgan fingerprint density at radius 1 is 1.26 bits per heavy atom. The quantitative estimate of drug-likeness (QED) is 0.648. The van der Waals surface area contributed by atoms with E-state index in [1.165, 1.54) is 18.2 Å². The van der Waals surface area contributed by atoms with E-state index in [-0.39, 0.29) is 16.3 Å². The summed E-state index contributed by atoms with van der Waals surface area (Å²) in [5.74, 6) is -1.64. The van der Waals surface area contributed by atoms with Gasteiger partial charge in [0.15, 0.2) is 0 Å². The second-order valence-corrected chi connectivity index (χ2v) is 9.15. The Bertz CT molecular complexity index is 975. The summed E-state index contributed by atoms with van der Waals surface area (Å²) in [5, 5.41) is 0.327. The molecule has 0 radical (unpaired) electrons. The molecule has 1 heterocycles. The molecule has 0 bridgehead atoms. The number of hydrogen-bond donors (Lipinski definition) is 1. The van der Waals surface area contributed by atoms with Gasteiger partial charge in [0.2, 0.25) is 0 Å². The summed E-state index contributed by atoms with van der Waals surface area (Å²) in [6.07, 6.45) is 0.768. The summed E-state index contributed by atoms with van der Waals surface area (Å²) in [4.78, 5) is 1.31. The molecule has 1 aliphatic rings. The van der Waals surface area contributed by atoms with Gasteiger partial charge in [-0.3, -0.25) is 4.72 Å². The third kappa shape index (κ3) is 4.71. The zero-order valence-electron chi connectivity index (χ0n) is 14.2. The van der Waals surface area contributed by atoms with Crippen molar-refractivity contribution in [2.45, 2.75) is 17.4 Å². The molecule has 3 rings (SSSR count). The molecular formula is C17H16BrClF2N2O3S. The molecule has 10 heteroatoms. The van der Waals surface area contributed by atoms with E-state index in [9.17, 15) is 17.2 Å². The van der Waals surface area contributed by atoms with Gasteiger partial charge < -0.3 is 9.64 Å². The van der Waals surface area contributed by atoms with E-state index >= 15 is 0 Å². The first-order valence-electron chi connectivity index (χ1n) is 7.98. The molecule has 1 atom stereocenters. The Labute approximate surface area is 169 Å². The maximum atomic E-state index is 14.0. The highest BCUT2D eigenvalue weighted by Gasteiger charge is 2.24. The van der Waals surface area contributed by atoms with Gasteiger partial charge in [-0.25, -0.2) is 17.2 Å². The van der Waals surface area contributed by atoms with Crippen molar-refractivity contribution >= 4 is 43.2 Å². The Morgan fingerprint density at radius 2 is 2.00 bits per heavy atom. The Kier molecular flexibility index (Phi) is 5.95. The lowest BCUT2D eigenvalue weighted by Gasteiger charge is -2.16. The van der Waals surface area contributed by atoms with Crippen LogP contribution in [0.15, 0.2) is 39.7 Å². The number of hydrogen-bond acceptors (Lipinski definition) is 4. The first kappa shape index (κ1) is 20.3. The lowest BCUT2D eigenvalue weighted by Crippen LogP contribution is -2.21. The SMILES string of the molecule is CN1CCC(Oc2cc(NS(=O)(=O)c3cc(F)c(Br)cc3F)ccc2Cl)C1. The molecule has 5 nitrogen and oxygen atoms in total. The van der Waals surface area contributed by atoms with E-state index < -0.39 is 26.6 Å². The summed E-state index contributed by atoms with van der Waals surface area (Å²) >= 11 is 8.94. The number of nitrogens with one attached hydrogen (secondary N) is 1. The Hall–Kier alpha value is -1.42. The van der Waals surface area contributed by atoms with E-state index in [1.54, 1.807) is 0 Å². The van der Waals surface area contributed by atoms with E-state index in [0.29, 0.717) is 16.8 Å². The molecule has 2 aromatic rings. The highest BCUT2D eigenvalue weighted by Crippen LogP contribution is 2.32. The van der Waals surface area contributed by atoms with Crippen LogP contribution in [-0.2, 0) is 10.0 Å². The minimum atomic E-state index is -4.34. The van der Waals surface area contributed by atoms with Gasteiger partial charge in [0.1, 0.15) is 28.4 Å². The predicted octanol–water partition coefficient (Wildman–Crippen LogP) is 4.26. The number of likely N-dealkylation sites (N-methyl/N-ethyl adjacent to an activating group) is 1. The predicted molar refractivity (Wildman–Crippen MR) is 103 cm³/mol. The highest BCUT2D eigenvalue weighted by atomic mass is 79.9. The number of anilines is 1. The van der Waals surface area contributed by atoms with Crippen LogP contribution < -0.4 is 9.46 Å². The van der Waals surface area contributed by atoms with Crippen molar-refractivity contribution in [1.82, 2.24) is 4.90 Å². The van der Waals surface area contributed by atoms with Gasteiger partial charge in [-0.1, -0.05) is 11.6 Å². The molecule has 2 aromatic carbocycles. The zero-order chi connectivity index (χ0) is 19.8. The maximum Gasteiger partial charge on any atom is 0.264 e. The average Bonchev–Trinajstić information content (AvgIpc) is 2.98. The molecule has 0 amide bonds. The largest absolute Gasteiger partial charge is 0.487 e. The lowest BCUT2D eigenvalue weighted by molar-refractivity contribution is 0.208. The third-order valence-electron chi connectivity index (χ3n) is 4.09. The average molecular weight is 482 g/mol. The minimum absolute atomic E-state index is 0.0580. The number of likely N-dealkylation sites (tertiary alicyclic amines) is 1. The van der Waals surface area contributed by atoms with Crippen molar-refractivity contribution in [1.29, 1.82) is 0 Å². The summed E-state index contributed by atoms with van der Waals surface area (Å²) in [6.45, 7) is 1.62. The van der Waals surface area contributed by atoms with Crippen molar-refractivity contribution in [3.05, 3.63) is 51.5 Å². The van der Waals surface area contributed by atoms with Crippen LogP contribution in [0.2, 0.25) is 5.02 Å². The molecule has 1 unspecified atom stereocenters.